The number of rotatable bonds is 23. The largest absolute Gasteiger partial charge is 0.469 e. The van der Waals surface area contributed by atoms with E-state index >= 15 is 0 Å². The molecule has 7 heteroatoms. The van der Waals surface area contributed by atoms with Gasteiger partial charge in [0.15, 0.2) is 0 Å². The van der Waals surface area contributed by atoms with E-state index in [2.05, 4.69) is 11.1 Å². The number of esters is 1. The Morgan fingerprint density at radius 1 is 0.645 bits per heavy atom. The van der Waals surface area contributed by atoms with E-state index in [1.54, 1.807) is 6.92 Å². The minimum absolute atomic E-state index is 0.152. The highest BCUT2D eigenvalue weighted by Crippen LogP contribution is 2.35. The first-order valence-electron chi connectivity index (χ1n) is 12.4. The van der Waals surface area contributed by atoms with Gasteiger partial charge in [-0.25, -0.2) is 9.36 Å². The zero-order chi connectivity index (χ0) is 23.2. The molecule has 6 nitrogen and oxygen atoms in total. The molecule has 0 fully saturated rings. The van der Waals surface area contributed by atoms with Gasteiger partial charge < -0.3 is 14.5 Å². The van der Waals surface area contributed by atoms with Crippen LogP contribution < -0.4 is 0 Å². The van der Waals surface area contributed by atoms with Crippen molar-refractivity contribution in [2.45, 2.75) is 122 Å². The average Bonchev–Trinajstić information content (AvgIpc) is 2.70. The Hall–Kier alpha value is -0.680. The first-order chi connectivity index (χ1) is 14.8. The number of hydrogen-bond donors (Lipinski definition) is 2. The van der Waals surface area contributed by atoms with Gasteiger partial charge >= 0.3 is 13.8 Å². The third kappa shape index (κ3) is 25.5. The van der Waals surface area contributed by atoms with Crippen molar-refractivity contribution in [3.05, 3.63) is 12.2 Å². The van der Waals surface area contributed by atoms with E-state index in [9.17, 15) is 9.36 Å². The maximum absolute atomic E-state index is 11.2. The summed E-state index contributed by atoms with van der Waals surface area (Å²) < 4.78 is 20.0. The Bertz CT molecular complexity index is 488. The molecule has 31 heavy (non-hydrogen) atoms. The second-order valence-corrected chi connectivity index (χ2v) is 9.84. The van der Waals surface area contributed by atoms with Crippen molar-refractivity contribution < 1.29 is 28.4 Å². The number of hydrogen-bond acceptors (Lipinski definition) is 4. The molecule has 0 atom stereocenters. The van der Waals surface area contributed by atoms with Gasteiger partial charge in [-0.05, 0) is 19.8 Å². The summed E-state index contributed by atoms with van der Waals surface area (Å²) in [5.74, 6) is -0.276. The molecule has 2 N–H and O–H groups in total. The van der Waals surface area contributed by atoms with Gasteiger partial charge in [0.25, 0.3) is 0 Å². The van der Waals surface area contributed by atoms with Gasteiger partial charge in [-0.1, -0.05) is 109 Å². The number of unbranched alkanes of at least 4 members (excludes halogenated alkanes) is 17. The molecule has 0 bridgehead atoms. The second kappa shape index (κ2) is 21.2. The Kier molecular flexibility index (Phi) is 20.7. The van der Waals surface area contributed by atoms with E-state index in [1.807, 2.05) is 0 Å². The molecular weight excluding hydrogens is 415 g/mol. The topological polar surface area (TPSA) is 93.1 Å². The molecular formula is C24H47O6P. The lowest BCUT2D eigenvalue weighted by Gasteiger charge is -2.05. The van der Waals surface area contributed by atoms with Crippen LogP contribution in [-0.4, -0.2) is 29.0 Å². The van der Waals surface area contributed by atoms with Crippen molar-refractivity contribution >= 4 is 13.8 Å². The first-order valence-corrected chi connectivity index (χ1v) is 13.9. The summed E-state index contributed by atoms with van der Waals surface area (Å²) in [5, 5.41) is 0. The van der Waals surface area contributed by atoms with Gasteiger partial charge in [0.05, 0.1) is 13.2 Å². The van der Waals surface area contributed by atoms with Crippen molar-refractivity contribution in [3.63, 3.8) is 0 Å². The molecule has 184 valence electrons. The summed E-state index contributed by atoms with van der Waals surface area (Å²) in [5.41, 5.74) is 0.471. The van der Waals surface area contributed by atoms with Crippen LogP contribution in [0, 0.1) is 0 Å². The third-order valence-corrected chi connectivity index (χ3v) is 5.90. The van der Waals surface area contributed by atoms with Crippen molar-refractivity contribution in [3.8, 4) is 0 Å². The lowest BCUT2D eigenvalue weighted by Crippen LogP contribution is -2.05. The highest BCUT2D eigenvalue weighted by Gasteiger charge is 2.12. The van der Waals surface area contributed by atoms with Gasteiger partial charge in [0.1, 0.15) is 0 Å². The Balaban J connectivity index is 3.10. The van der Waals surface area contributed by atoms with Crippen molar-refractivity contribution in [2.75, 3.05) is 13.2 Å². The molecule has 0 aliphatic heterocycles. The molecule has 0 unspecified atom stereocenters. The molecule has 0 saturated carbocycles. The molecule has 0 aromatic rings. The highest BCUT2D eigenvalue weighted by molar-refractivity contribution is 7.46. The minimum Gasteiger partial charge on any atom is -0.462 e. The van der Waals surface area contributed by atoms with E-state index in [0.717, 1.165) is 32.1 Å². The Morgan fingerprint density at radius 2 is 0.935 bits per heavy atom. The Labute approximate surface area is 190 Å². The summed E-state index contributed by atoms with van der Waals surface area (Å²) in [6, 6.07) is 0. The van der Waals surface area contributed by atoms with Crippen molar-refractivity contribution in [1.29, 1.82) is 0 Å². The van der Waals surface area contributed by atoms with Crippen LogP contribution >= 0.6 is 7.82 Å². The lowest BCUT2D eigenvalue weighted by atomic mass is 10.0. The maximum Gasteiger partial charge on any atom is 0.469 e. The van der Waals surface area contributed by atoms with Gasteiger partial charge in [-0.2, -0.15) is 0 Å². The quantitative estimate of drug-likeness (QED) is 0.0719. The van der Waals surface area contributed by atoms with Gasteiger partial charge in [-0.3, -0.25) is 4.52 Å². The van der Waals surface area contributed by atoms with E-state index in [0.29, 0.717) is 12.2 Å². The standard InChI is InChI=1S/C24H47O6P/c1-23(2)24(25)29-21-19-17-15-13-11-9-7-5-3-4-6-8-10-12-14-16-18-20-22-30-31(26,27)28/h1,3-22H2,2H3,(H2,26,27,28). The molecule has 0 rings (SSSR count). The molecule has 0 saturated heterocycles. The first kappa shape index (κ1) is 30.3. The van der Waals surface area contributed by atoms with Crippen LogP contribution in [0.3, 0.4) is 0 Å². The number of phosphoric acid groups is 1. The van der Waals surface area contributed by atoms with Gasteiger partial charge in [-0.15, -0.1) is 0 Å². The number of ether oxygens (including phenoxy) is 1. The maximum atomic E-state index is 11.2. The number of phosphoric ester groups is 1. The molecule has 0 heterocycles. The van der Waals surface area contributed by atoms with Crippen LogP contribution in [0.5, 0.6) is 0 Å². The minimum atomic E-state index is -4.28. The van der Waals surface area contributed by atoms with Crippen LogP contribution in [0.15, 0.2) is 12.2 Å². The third-order valence-electron chi connectivity index (χ3n) is 5.38. The molecule has 0 aliphatic rings. The van der Waals surface area contributed by atoms with Gasteiger partial charge in [0, 0.05) is 5.57 Å². The Morgan fingerprint density at radius 3 is 1.23 bits per heavy atom. The van der Waals surface area contributed by atoms with Crippen LogP contribution in [0.25, 0.3) is 0 Å². The van der Waals surface area contributed by atoms with Crippen LogP contribution in [0.2, 0.25) is 0 Å². The molecule has 0 aliphatic carbocycles. The SMILES string of the molecule is C=C(C)C(=O)OCCCCCCCCCCCCCCCCCCCCOP(=O)(O)O. The second-order valence-electron chi connectivity index (χ2n) is 8.60. The van der Waals surface area contributed by atoms with Crippen LogP contribution in [0.1, 0.15) is 122 Å². The molecule has 0 aromatic heterocycles. The normalized spacial score (nSPS) is 11.6. The van der Waals surface area contributed by atoms with E-state index < -0.39 is 7.82 Å². The summed E-state index contributed by atoms with van der Waals surface area (Å²) in [6.07, 6.45) is 21.9. The molecule has 0 spiro atoms. The fourth-order valence-corrected chi connectivity index (χ4v) is 3.87. The van der Waals surface area contributed by atoms with Gasteiger partial charge in [0.2, 0.25) is 0 Å². The predicted molar refractivity (Wildman–Crippen MR) is 127 cm³/mol. The summed E-state index contributed by atoms with van der Waals surface area (Å²) >= 11 is 0. The zero-order valence-corrected chi connectivity index (χ0v) is 20.7. The molecule has 0 amide bonds. The van der Waals surface area contributed by atoms with E-state index in [4.69, 9.17) is 14.5 Å². The number of carbonyl (C=O) groups excluding carboxylic acids is 1. The zero-order valence-electron chi connectivity index (χ0n) is 19.8. The van der Waals surface area contributed by atoms with E-state index in [-0.39, 0.29) is 12.6 Å². The average molecular weight is 463 g/mol. The lowest BCUT2D eigenvalue weighted by molar-refractivity contribution is -0.139. The van der Waals surface area contributed by atoms with Crippen molar-refractivity contribution in [2.24, 2.45) is 0 Å². The summed E-state index contributed by atoms with van der Waals surface area (Å²) in [7, 11) is -4.28. The van der Waals surface area contributed by atoms with Crippen LogP contribution in [0.4, 0.5) is 0 Å². The van der Waals surface area contributed by atoms with Crippen LogP contribution in [-0.2, 0) is 18.6 Å². The predicted octanol–water partition coefficient (Wildman–Crippen LogP) is 7.24. The molecule has 0 aromatic carbocycles. The monoisotopic (exact) mass is 462 g/mol. The fraction of sp³-hybridized carbons (Fsp3) is 0.875. The summed E-state index contributed by atoms with van der Waals surface area (Å²) in [4.78, 5) is 28.4. The van der Waals surface area contributed by atoms with Crippen molar-refractivity contribution in [1.82, 2.24) is 0 Å². The fourth-order valence-electron chi connectivity index (χ4n) is 3.50. The smallest absolute Gasteiger partial charge is 0.462 e. The highest BCUT2D eigenvalue weighted by atomic mass is 31.2. The van der Waals surface area contributed by atoms with E-state index in [1.165, 1.54) is 83.5 Å². The number of carbonyl (C=O) groups is 1. The molecule has 0 radical (unpaired) electrons. The summed E-state index contributed by atoms with van der Waals surface area (Å²) in [6.45, 7) is 5.91.